The van der Waals surface area contributed by atoms with Crippen molar-refractivity contribution in [2.45, 2.75) is 51.0 Å². The summed E-state index contributed by atoms with van der Waals surface area (Å²) in [5, 5.41) is 15.4. The minimum atomic E-state index is -4.00. The van der Waals surface area contributed by atoms with Crippen LogP contribution in [0.3, 0.4) is 0 Å². The largest absolute Gasteiger partial charge is 0.393 e. The van der Waals surface area contributed by atoms with Crippen molar-refractivity contribution < 1.29 is 17.7 Å². The molecule has 130 valence electrons. The number of benzene rings is 1. The van der Waals surface area contributed by atoms with Gasteiger partial charge in [-0.2, -0.15) is 13.6 Å². The molecule has 6 heteroatoms. The van der Waals surface area contributed by atoms with Crippen molar-refractivity contribution in [3.63, 3.8) is 0 Å². The van der Waals surface area contributed by atoms with Gasteiger partial charge < -0.3 is 9.29 Å². The average Bonchev–Trinajstić information content (AvgIpc) is 2.81. The normalized spacial score (nSPS) is 34.8. The van der Waals surface area contributed by atoms with Gasteiger partial charge in [0.15, 0.2) is 0 Å². The minimum Gasteiger partial charge on any atom is -0.393 e. The highest BCUT2D eigenvalue weighted by Gasteiger charge is 2.51. The Morgan fingerprint density at radius 2 is 2.08 bits per heavy atom. The van der Waals surface area contributed by atoms with E-state index in [1.807, 2.05) is 6.07 Å². The molecule has 0 heterocycles. The molecule has 24 heavy (non-hydrogen) atoms. The molecule has 0 spiro atoms. The standard InChI is InChI=1S/C18H23NO4S/c1-18-9-8-14-13-5-3-12(23-24(19,21)22)10-11(13)2-4-15(14)16(18)6-7-17(18)20/h3-5,10,14,16-17,20H,2,6-9H2,1H3,(H2,19,21,22)/t14-,16+,17+,18+/m1/s1. The zero-order valence-electron chi connectivity index (χ0n) is 13.7. The second-order valence-corrected chi connectivity index (χ2v) is 8.74. The molecule has 0 aliphatic heterocycles. The number of fused-ring (bicyclic) bond motifs is 5. The lowest BCUT2D eigenvalue weighted by atomic mass is 9.59. The van der Waals surface area contributed by atoms with Gasteiger partial charge in [-0.15, -0.1) is 0 Å². The maximum atomic E-state index is 11.1. The molecule has 4 atom stereocenters. The van der Waals surface area contributed by atoms with E-state index < -0.39 is 10.3 Å². The van der Waals surface area contributed by atoms with Gasteiger partial charge in [-0.1, -0.05) is 24.6 Å². The monoisotopic (exact) mass is 349 g/mol. The summed E-state index contributed by atoms with van der Waals surface area (Å²) in [5.41, 5.74) is 3.84. The van der Waals surface area contributed by atoms with Crippen molar-refractivity contribution in [1.82, 2.24) is 0 Å². The van der Waals surface area contributed by atoms with Gasteiger partial charge in [0, 0.05) is 11.3 Å². The number of allylic oxidation sites excluding steroid dienone is 2. The summed E-state index contributed by atoms with van der Waals surface area (Å²) in [6, 6.07) is 5.44. The first kappa shape index (κ1) is 16.1. The fraction of sp³-hybridized carbons (Fsp3) is 0.556. The van der Waals surface area contributed by atoms with E-state index >= 15 is 0 Å². The van der Waals surface area contributed by atoms with Crippen LogP contribution in [0, 0.1) is 11.3 Å². The molecule has 1 aromatic carbocycles. The summed E-state index contributed by atoms with van der Waals surface area (Å²) >= 11 is 0. The third-order valence-corrected chi connectivity index (χ3v) is 6.75. The van der Waals surface area contributed by atoms with Crippen molar-refractivity contribution >= 4 is 10.3 Å². The topological polar surface area (TPSA) is 89.6 Å². The molecule has 0 bridgehead atoms. The summed E-state index contributed by atoms with van der Waals surface area (Å²) < 4.78 is 27.0. The first-order valence-electron chi connectivity index (χ1n) is 8.51. The Morgan fingerprint density at radius 1 is 1.29 bits per heavy atom. The Balaban J connectivity index is 1.67. The summed E-state index contributed by atoms with van der Waals surface area (Å²) in [6.45, 7) is 2.23. The fourth-order valence-electron chi connectivity index (χ4n) is 5.10. The van der Waals surface area contributed by atoms with Crippen LogP contribution in [0.15, 0.2) is 29.8 Å². The van der Waals surface area contributed by atoms with Crippen LogP contribution in [0.2, 0.25) is 0 Å². The highest BCUT2D eigenvalue weighted by atomic mass is 32.2. The zero-order valence-corrected chi connectivity index (χ0v) is 14.6. The van der Waals surface area contributed by atoms with Gasteiger partial charge in [0.2, 0.25) is 0 Å². The zero-order chi connectivity index (χ0) is 17.1. The summed E-state index contributed by atoms with van der Waals surface area (Å²) in [6.07, 6.45) is 6.85. The maximum Gasteiger partial charge on any atom is 0.380 e. The van der Waals surface area contributed by atoms with Crippen LogP contribution < -0.4 is 9.32 Å². The van der Waals surface area contributed by atoms with Crippen LogP contribution in [0.5, 0.6) is 5.75 Å². The lowest BCUT2D eigenvalue weighted by Gasteiger charge is -2.46. The second kappa shape index (κ2) is 5.31. The second-order valence-electron chi connectivity index (χ2n) is 7.59. The molecule has 0 unspecified atom stereocenters. The molecule has 0 radical (unpaired) electrons. The van der Waals surface area contributed by atoms with Gasteiger partial charge >= 0.3 is 10.3 Å². The van der Waals surface area contributed by atoms with Crippen LogP contribution in [-0.2, 0) is 16.7 Å². The lowest BCUT2D eigenvalue weighted by molar-refractivity contribution is 0.0267. The molecular weight excluding hydrogens is 326 g/mol. The van der Waals surface area contributed by atoms with Gasteiger partial charge in [0.05, 0.1) is 6.10 Å². The fourth-order valence-corrected chi connectivity index (χ4v) is 5.47. The summed E-state index contributed by atoms with van der Waals surface area (Å²) in [5.74, 6) is 1.10. The van der Waals surface area contributed by atoms with Gasteiger partial charge in [-0.3, -0.25) is 0 Å². The van der Waals surface area contributed by atoms with Crippen molar-refractivity contribution in [2.75, 3.05) is 0 Å². The molecule has 5 nitrogen and oxygen atoms in total. The molecule has 3 aliphatic rings. The first-order valence-corrected chi connectivity index (χ1v) is 9.98. The van der Waals surface area contributed by atoms with Crippen LogP contribution in [0.25, 0.3) is 0 Å². The minimum absolute atomic E-state index is 0.0104. The lowest BCUT2D eigenvalue weighted by Crippen LogP contribution is -2.39. The third kappa shape index (κ3) is 2.48. The number of hydrogen-bond acceptors (Lipinski definition) is 4. The van der Waals surface area contributed by atoms with E-state index in [0.29, 0.717) is 11.8 Å². The quantitative estimate of drug-likeness (QED) is 0.802. The SMILES string of the molecule is C[C@]12CC[C@H]3C(=CCc4cc(OS(N)(=O)=O)ccc43)[C@@H]1CC[C@@H]2O. The molecule has 3 N–H and O–H groups in total. The Kier molecular flexibility index (Phi) is 3.57. The molecule has 2 saturated carbocycles. The molecule has 2 fully saturated rings. The Morgan fingerprint density at radius 3 is 2.83 bits per heavy atom. The van der Waals surface area contributed by atoms with Crippen molar-refractivity contribution in [2.24, 2.45) is 16.5 Å². The maximum absolute atomic E-state index is 11.1. The highest BCUT2D eigenvalue weighted by Crippen LogP contribution is 2.59. The van der Waals surface area contributed by atoms with E-state index in [1.54, 1.807) is 12.1 Å². The van der Waals surface area contributed by atoms with Crippen molar-refractivity contribution in [3.8, 4) is 5.75 Å². The molecule has 0 amide bonds. The molecule has 0 saturated heterocycles. The average molecular weight is 349 g/mol. The molecular formula is C18H23NO4S. The molecule has 4 rings (SSSR count). The Labute approximate surface area is 142 Å². The van der Waals surface area contributed by atoms with Gasteiger partial charge in [0.1, 0.15) is 5.75 Å². The number of hydrogen-bond donors (Lipinski definition) is 2. The van der Waals surface area contributed by atoms with E-state index in [-0.39, 0.29) is 17.3 Å². The Hall–Kier alpha value is -1.37. The van der Waals surface area contributed by atoms with E-state index in [9.17, 15) is 13.5 Å². The van der Waals surface area contributed by atoms with Gasteiger partial charge in [-0.25, -0.2) is 0 Å². The third-order valence-electron chi connectivity index (χ3n) is 6.32. The molecule has 0 aromatic heterocycles. The van der Waals surface area contributed by atoms with Gasteiger partial charge in [-0.05, 0) is 61.3 Å². The van der Waals surface area contributed by atoms with E-state index in [4.69, 9.17) is 9.32 Å². The Bertz CT molecular complexity index is 816. The highest BCUT2D eigenvalue weighted by molar-refractivity contribution is 7.84. The smallest absolute Gasteiger partial charge is 0.380 e. The van der Waals surface area contributed by atoms with Crippen LogP contribution in [0.4, 0.5) is 0 Å². The molecule has 1 aromatic rings. The number of rotatable bonds is 2. The molecule has 3 aliphatic carbocycles. The summed E-state index contributed by atoms with van der Waals surface area (Å²) in [4.78, 5) is 0. The van der Waals surface area contributed by atoms with Gasteiger partial charge in [0.25, 0.3) is 0 Å². The van der Waals surface area contributed by atoms with E-state index in [2.05, 4.69) is 13.0 Å². The van der Waals surface area contributed by atoms with Crippen molar-refractivity contribution in [1.29, 1.82) is 0 Å². The van der Waals surface area contributed by atoms with E-state index in [1.165, 1.54) is 11.1 Å². The summed E-state index contributed by atoms with van der Waals surface area (Å²) in [7, 11) is -4.00. The number of aliphatic hydroxyl groups is 1. The predicted molar refractivity (Wildman–Crippen MR) is 90.8 cm³/mol. The number of aliphatic hydroxyl groups excluding tert-OH is 1. The van der Waals surface area contributed by atoms with Crippen LogP contribution >= 0.6 is 0 Å². The van der Waals surface area contributed by atoms with Crippen molar-refractivity contribution in [3.05, 3.63) is 41.0 Å². The first-order chi connectivity index (χ1) is 11.3. The van der Waals surface area contributed by atoms with Crippen LogP contribution in [0.1, 0.15) is 49.7 Å². The number of nitrogens with two attached hydrogens (primary N) is 1. The van der Waals surface area contributed by atoms with Crippen LogP contribution in [-0.4, -0.2) is 19.6 Å². The predicted octanol–water partition coefficient (Wildman–Crippen LogP) is 2.41. The van der Waals surface area contributed by atoms with E-state index in [0.717, 1.165) is 37.7 Å².